The number of methoxy groups -OCH3 is 1. The monoisotopic (exact) mass is 397 g/mol. The third-order valence-corrected chi connectivity index (χ3v) is 4.50. The highest BCUT2D eigenvalue weighted by atomic mass is 16.5. The number of nitrogens with one attached hydrogen (secondary N) is 2. The average Bonchev–Trinajstić information content (AvgIpc) is 2.73. The van der Waals surface area contributed by atoms with Crippen molar-refractivity contribution in [2.45, 2.75) is 37.9 Å². The van der Waals surface area contributed by atoms with Gasteiger partial charge in [0.05, 0.1) is 25.6 Å². The highest BCUT2D eigenvalue weighted by Gasteiger charge is 2.26. The molecule has 7 heteroatoms. The first-order chi connectivity index (χ1) is 13.9. The molecular formula is C22H27N3O4. The van der Waals surface area contributed by atoms with Gasteiger partial charge in [0.25, 0.3) is 0 Å². The fraction of sp³-hybridized carbons (Fsp3) is 0.318. The van der Waals surface area contributed by atoms with Crippen molar-refractivity contribution in [2.24, 2.45) is 5.73 Å². The van der Waals surface area contributed by atoms with Gasteiger partial charge >= 0.3 is 5.97 Å². The molecule has 29 heavy (non-hydrogen) atoms. The Labute approximate surface area is 170 Å². The van der Waals surface area contributed by atoms with Gasteiger partial charge in [0.2, 0.25) is 11.8 Å². The molecule has 0 aliphatic carbocycles. The van der Waals surface area contributed by atoms with E-state index in [9.17, 15) is 14.4 Å². The molecule has 2 amide bonds. The van der Waals surface area contributed by atoms with Gasteiger partial charge in [0.1, 0.15) is 6.04 Å². The quantitative estimate of drug-likeness (QED) is 0.555. The lowest BCUT2D eigenvalue weighted by atomic mass is 10.0. The number of benzene rings is 2. The summed E-state index contributed by atoms with van der Waals surface area (Å²) in [6.07, 6.45) is 0.0748. The lowest BCUT2D eigenvalue weighted by molar-refractivity contribution is -0.145. The van der Waals surface area contributed by atoms with Crippen LogP contribution in [0.5, 0.6) is 0 Å². The molecule has 0 unspecified atom stereocenters. The van der Waals surface area contributed by atoms with Crippen LogP contribution in [-0.2, 0) is 25.5 Å². The molecule has 0 saturated carbocycles. The molecule has 0 heterocycles. The first kappa shape index (κ1) is 22.1. The largest absolute Gasteiger partial charge is 0.467 e. The van der Waals surface area contributed by atoms with E-state index in [0.717, 1.165) is 11.1 Å². The first-order valence-corrected chi connectivity index (χ1v) is 9.42. The first-order valence-electron chi connectivity index (χ1n) is 9.42. The van der Waals surface area contributed by atoms with Crippen molar-refractivity contribution in [2.75, 3.05) is 7.11 Å². The van der Waals surface area contributed by atoms with E-state index in [4.69, 9.17) is 10.5 Å². The lowest BCUT2D eigenvalue weighted by Crippen LogP contribution is -2.51. The van der Waals surface area contributed by atoms with Gasteiger partial charge in [-0.2, -0.15) is 0 Å². The van der Waals surface area contributed by atoms with Crippen LogP contribution in [0.2, 0.25) is 0 Å². The van der Waals surface area contributed by atoms with E-state index < -0.39 is 24.0 Å². The summed E-state index contributed by atoms with van der Waals surface area (Å²) in [5, 5.41) is 5.41. The van der Waals surface area contributed by atoms with Crippen LogP contribution in [0, 0.1) is 0 Å². The summed E-state index contributed by atoms with van der Waals surface area (Å²) in [7, 11) is 1.25. The molecule has 0 fully saturated rings. The number of ether oxygens (including phenoxy) is 1. The number of carbonyl (C=O) groups excluding carboxylic acids is 3. The minimum absolute atomic E-state index is 0.192. The predicted octanol–water partition coefficient (Wildman–Crippen LogP) is 1.48. The molecule has 3 atom stereocenters. The third-order valence-electron chi connectivity index (χ3n) is 4.50. The molecule has 2 rings (SSSR count). The van der Waals surface area contributed by atoms with Crippen LogP contribution in [0.3, 0.4) is 0 Å². The van der Waals surface area contributed by atoms with E-state index in [1.54, 1.807) is 0 Å². The van der Waals surface area contributed by atoms with E-state index in [1.807, 2.05) is 67.6 Å². The minimum atomic E-state index is -1.08. The summed E-state index contributed by atoms with van der Waals surface area (Å²) in [6.45, 7) is 1.85. The summed E-state index contributed by atoms with van der Waals surface area (Å²) in [5.41, 5.74) is 7.71. The SMILES string of the molecule is COC(=O)[C@H](Cc1ccccc1)NC(=O)[C@@H](N)CC(=O)N[C@H](C)c1ccccc1. The second-order valence-electron chi connectivity index (χ2n) is 6.78. The smallest absolute Gasteiger partial charge is 0.328 e. The van der Waals surface area contributed by atoms with Gasteiger partial charge in [-0.1, -0.05) is 60.7 Å². The molecule has 4 N–H and O–H groups in total. The van der Waals surface area contributed by atoms with E-state index >= 15 is 0 Å². The number of esters is 1. The topological polar surface area (TPSA) is 111 Å². The molecule has 0 bridgehead atoms. The molecule has 2 aromatic carbocycles. The molecule has 0 aliphatic heterocycles. The highest BCUT2D eigenvalue weighted by molar-refractivity contribution is 5.91. The maximum Gasteiger partial charge on any atom is 0.328 e. The number of nitrogens with two attached hydrogens (primary N) is 1. The van der Waals surface area contributed by atoms with Crippen molar-refractivity contribution in [3.8, 4) is 0 Å². The Morgan fingerprint density at radius 1 is 0.966 bits per heavy atom. The van der Waals surface area contributed by atoms with Crippen LogP contribution >= 0.6 is 0 Å². The summed E-state index contributed by atoms with van der Waals surface area (Å²) < 4.78 is 4.77. The lowest BCUT2D eigenvalue weighted by Gasteiger charge is -2.20. The van der Waals surface area contributed by atoms with Crippen LogP contribution < -0.4 is 16.4 Å². The van der Waals surface area contributed by atoms with E-state index in [0.29, 0.717) is 0 Å². The Hall–Kier alpha value is -3.19. The maximum atomic E-state index is 12.4. The van der Waals surface area contributed by atoms with Gasteiger partial charge in [-0.05, 0) is 18.1 Å². The summed E-state index contributed by atoms with van der Waals surface area (Å²) in [4.78, 5) is 36.7. The van der Waals surface area contributed by atoms with Crippen molar-refractivity contribution in [1.29, 1.82) is 0 Å². The fourth-order valence-corrected chi connectivity index (χ4v) is 2.88. The maximum absolute atomic E-state index is 12.4. The van der Waals surface area contributed by atoms with E-state index in [1.165, 1.54) is 7.11 Å². The molecule has 2 aromatic rings. The van der Waals surface area contributed by atoms with Gasteiger partial charge in [-0.25, -0.2) is 4.79 Å². The van der Waals surface area contributed by atoms with E-state index in [-0.39, 0.29) is 24.8 Å². The van der Waals surface area contributed by atoms with Gasteiger partial charge in [-0.15, -0.1) is 0 Å². The third kappa shape index (κ3) is 7.04. The predicted molar refractivity (Wildman–Crippen MR) is 110 cm³/mol. The summed E-state index contributed by atoms with van der Waals surface area (Å²) in [5.74, 6) is -1.50. The zero-order valence-electron chi connectivity index (χ0n) is 16.6. The molecule has 0 aromatic heterocycles. The van der Waals surface area contributed by atoms with Crippen LogP contribution in [-0.4, -0.2) is 37.0 Å². The molecule has 0 spiro atoms. The van der Waals surface area contributed by atoms with Gasteiger partial charge in [0, 0.05) is 6.42 Å². The second kappa shape index (κ2) is 11.0. The van der Waals surface area contributed by atoms with Crippen LogP contribution in [0.25, 0.3) is 0 Å². The molecule has 154 valence electrons. The van der Waals surface area contributed by atoms with Gasteiger partial charge < -0.3 is 21.1 Å². The van der Waals surface area contributed by atoms with Crippen molar-refractivity contribution >= 4 is 17.8 Å². The molecular weight excluding hydrogens is 370 g/mol. The number of amides is 2. The van der Waals surface area contributed by atoms with Crippen LogP contribution in [0.1, 0.15) is 30.5 Å². The number of hydrogen-bond acceptors (Lipinski definition) is 5. The standard InChI is InChI=1S/C22H27N3O4/c1-15(17-11-7-4-8-12-17)24-20(26)14-18(23)21(27)25-19(22(28)29-2)13-16-9-5-3-6-10-16/h3-12,15,18-19H,13-14,23H2,1-2H3,(H,24,26)(H,25,27)/t15-,18+,19+/m1/s1. The highest BCUT2D eigenvalue weighted by Crippen LogP contribution is 2.11. The average molecular weight is 397 g/mol. The Balaban J connectivity index is 1.91. The molecule has 0 aliphatic rings. The zero-order valence-corrected chi connectivity index (χ0v) is 16.6. The van der Waals surface area contributed by atoms with Crippen molar-refractivity contribution in [1.82, 2.24) is 10.6 Å². The Bertz CT molecular complexity index is 811. The van der Waals surface area contributed by atoms with Crippen LogP contribution in [0.15, 0.2) is 60.7 Å². The minimum Gasteiger partial charge on any atom is -0.467 e. The van der Waals surface area contributed by atoms with Crippen molar-refractivity contribution in [3.05, 3.63) is 71.8 Å². The summed E-state index contributed by atoms with van der Waals surface area (Å²) >= 11 is 0. The van der Waals surface area contributed by atoms with Crippen molar-refractivity contribution < 1.29 is 19.1 Å². The van der Waals surface area contributed by atoms with Crippen molar-refractivity contribution in [3.63, 3.8) is 0 Å². The fourth-order valence-electron chi connectivity index (χ4n) is 2.88. The molecule has 7 nitrogen and oxygen atoms in total. The Morgan fingerprint density at radius 3 is 2.14 bits per heavy atom. The second-order valence-corrected chi connectivity index (χ2v) is 6.78. The zero-order chi connectivity index (χ0) is 21.2. The Kier molecular flexibility index (Phi) is 8.36. The molecule has 0 radical (unpaired) electrons. The van der Waals surface area contributed by atoms with Gasteiger partial charge in [0.15, 0.2) is 0 Å². The summed E-state index contributed by atoms with van der Waals surface area (Å²) in [6, 6.07) is 16.5. The van der Waals surface area contributed by atoms with Crippen LogP contribution in [0.4, 0.5) is 0 Å². The number of rotatable bonds is 9. The number of hydrogen-bond donors (Lipinski definition) is 3. The normalized spacial score (nSPS) is 13.6. The molecule has 0 saturated heterocycles. The Morgan fingerprint density at radius 2 is 1.55 bits per heavy atom. The number of carbonyl (C=O) groups is 3. The van der Waals surface area contributed by atoms with Gasteiger partial charge in [-0.3, -0.25) is 9.59 Å². The van der Waals surface area contributed by atoms with E-state index in [2.05, 4.69) is 10.6 Å².